The van der Waals surface area contributed by atoms with Gasteiger partial charge in [-0.05, 0) is 54.4 Å². The fraction of sp³-hybridized carbons (Fsp3) is 0.154. The van der Waals surface area contributed by atoms with E-state index in [1.165, 1.54) is 18.0 Å². The number of anilines is 2. The minimum absolute atomic E-state index is 0.0372. The van der Waals surface area contributed by atoms with Crippen molar-refractivity contribution in [2.24, 2.45) is 5.73 Å². The highest BCUT2D eigenvalue weighted by molar-refractivity contribution is 7.99. The minimum atomic E-state index is -3.54. The van der Waals surface area contributed by atoms with E-state index in [2.05, 4.69) is 10.3 Å². The first-order chi connectivity index (χ1) is 17.1. The number of fused-ring (bicyclic) bond motifs is 1. The maximum absolute atomic E-state index is 12.3. The first-order valence-corrected chi connectivity index (χ1v) is 13.5. The molecule has 1 amide bonds. The monoisotopic (exact) mass is 523 g/mol. The number of rotatable bonds is 9. The van der Waals surface area contributed by atoms with Crippen molar-refractivity contribution in [3.05, 3.63) is 83.6 Å². The molecule has 0 aliphatic heterocycles. The molecule has 4 aromatic rings. The maximum atomic E-state index is 12.3. The van der Waals surface area contributed by atoms with Gasteiger partial charge in [0.25, 0.3) is 16.0 Å². The quantitative estimate of drug-likeness (QED) is 0.293. The van der Waals surface area contributed by atoms with Gasteiger partial charge in [0.2, 0.25) is 0 Å². The van der Waals surface area contributed by atoms with Gasteiger partial charge in [-0.1, -0.05) is 30.0 Å². The van der Waals surface area contributed by atoms with Crippen LogP contribution >= 0.6 is 11.8 Å². The zero-order chi connectivity index (χ0) is 25.9. The third kappa shape index (κ3) is 6.14. The molecule has 10 heteroatoms. The molecule has 3 N–H and O–H groups in total. The lowest BCUT2D eigenvalue weighted by Gasteiger charge is -2.16. The zero-order valence-corrected chi connectivity index (χ0v) is 21.6. The summed E-state index contributed by atoms with van der Waals surface area (Å²) in [5.41, 5.74) is 9.65. The van der Waals surface area contributed by atoms with Crippen LogP contribution in [0.1, 0.15) is 21.5 Å². The van der Waals surface area contributed by atoms with Crippen molar-refractivity contribution in [2.75, 3.05) is 18.7 Å². The number of pyridine rings is 1. The van der Waals surface area contributed by atoms with Crippen LogP contribution in [0.4, 0.5) is 11.4 Å². The Morgan fingerprint density at radius 2 is 1.86 bits per heavy atom. The van der Waals surface area contributed by atoms with E-state index in [1.54, 1.807) is 13.2 Å². The molecule has 186 valence electrons. The lowest BCUT2D eigenvalue weighted by molar-refractivity contribution is 0.100. The molecule has 0 saturated carbocycles. The molecule has 0 radical (unpaired) electrons. The molecule has 4 rings (SSSR count). The van der Waals surface area contributed by atoms with Crippen LogP contribution in [0.15, 0.2) is 76.7 Å². The number of primary amides is 1. The number of carbonyl (C=O) groups excluding carboxylic acids is 1. The van der Waals surface area contributed by atoms with Gasteiger partial charge in [0.1, 0.15) is 5.75 Å². The van der Waals surface area contributed by atoms with Gasteiger partial charge in [0.05, 0.1) is 36.7 Å². The molecule has 8 nitrogen and oxygen atoms in total. The highest BCUT2D eigenvalue weighted by atomic mass is 32.2. The molecule has 0 atom stereocenters. The smallest absolute Gasteiger partial charge is 0.264 e. The molecule has 36 heavy (non-hydrogen) atoms. The highest BCUT2D eigenvalue weighted by Crippen LogP contribution is 2.37. The van der Waals surface area contributed by atoms with Crippen molar-refractivity contribution in [1.82, 2.24) is 4.98 Å². The second kappa shape index (κ2) is 10.6. The number of amides is 1. The number of carbonyl (C=O) groups is 1. The summed E-state index contributed by atoms with van der Waals surface area (Å²) in [4.78, 5) is 18.6. The second-order valence-corrected chi connectivity index (χ2v) is 10.9. The van der Waals surface area contributed by atoms with Crippen LogP contribution in [0.5, 0.6) is 5.75 Å². The predicted molar refractivity (Wildman–Crippen MR) is 141 cm³/mol. The Hall–Kier alpha value is -3.60. The number of hydrogen-bond donors (Lipinski definition) is 2. The van der Waals surface area contributed by atoms with Gasteiger partial charge in [-0.15, -0.1) is 0 Å². The van der Waals surface area contributed by atoms with Crippen molar-refractivity contribution in [3.8, 4) is 5.75 Å². The van der Waals surface area contributed by atoms with Gasteiger partial charge >= 0.3 is 0 Å². The first kappa shape index (κ1) is 25.5. The van der Waals surface area contributed by atoms with Gasteiger partial charge in [0, 0.05) is 33.1 Å². The van der Waals surface area contributed by atoms with Gasteiger partial charge in [-0.2, -0.15) is 8.42 Å². The third-order valence-electron chi connectivity index (χ3n) is 5.31. The van der Waals surface area contributed by atoms with E-state index in [1.807, 2.05) is 61.5 Å². The van der Waals surface area contributed by atoms with Crippen LogP contribution in [-0.2, 0) is 20.9 Å². The van der Waals surface area contributed by atoms with Crippen LogP contribution < -0.4 is 15.8 Å². The Morgan fingerprint density at radius 1 is 1.08 bits per heavy atom. The minimum Gasteiger partial charge on any atom is -0.497 e. The van der Waals surface area contributed by atoms with Crippen LogP contribution in [0.3, 0.4) is 0 Å². The van der Waals surface area contributed by atoms with Crippen molar-refractivity contribution >= 4 is 50.1 Å². The summed E-state index contributed by atoms with van der Waals surface area (Å²) < 4.78 is 32.9. The molecule has 0 spiro atoms. The van der Waals surface area contributed by atoms with Crippen molar-refractivity contribution < 1.29 is 22.1 Å². The molecular weight excluding hydrogens is 498 g/mol. The Labute approximate surface area is 214 Å². The lowest BCUT2D eigenvalue weighted by Crippen LogP contribution is -2.14. The first-order valence-electron chi connectivity index (χ1n) is 10.9. The average molecular weight is 524 g/mol. The lowest BCUT2D eigenvalue weighted by atomic mass is 10.1. The Kier molecular flexibility index (Phi) is 7.48. The molecular formula is C26H25N3O5S2. The number of hydrogen-bond acceptors (Lipinski definition) is 8. The molecule has 0 aliphatic carbocycles. The third-order valence-corrected chi connectivity index (χ3v) is 6.82. The summed E-state index contributed by atoms with van der Waals surface area (Å²) in [6.45, 7) is 1.92. The zero-order valence-electron chi connectivity index (χ0n) is 19.9. The van der Waals surface area contributed by atoms with Crippen molar-refractivity contribution in [1.29, 1.82) is 0 Å². The summed E-state index contributed by atoms with van der Waals surface area (Å²) in [5.74, 6) is 0.0789. The van der Waals surface area contributed by atoms with Crippen LogP contribution in [0, 0.1) is 6.92 Å². The SMILES string of the molecule is COc1cccc(Nc2c(C(N)=O)cnc3c(C)cc(Sc4cccc(COS(C)(=O)=O)c4)cc23)c1. The molecule has 3 aromatic carbocycles. The Balaban J connectivity index is 1.74. The number of nitrogens with one attached hydrogen (secondary N) is 1. The number of methoxy groups -OCH3 is 1. The van der Waals surface area contributed by atoms with Crippen molar-refractivity contribution in [3.63, 3.8) is 0 Å². The maximum Gasteiger partial charge on any atom is 0.264 e. The largest absolute Gasteiger partial charge is 0.497 e. The average Bonchev–Trinajstić information content (AvgIpc) is 2.83. The molecule has 1 aromatic heterocycles. The molecule has 1 heterocycles. The number of benzene rings is 3. The van der Waals surface area contributed by atoms with Crippen LogP contribution in [0.25, 0.3) is 10.9 Å². The van der Waals surface area contributed by atoms with Gasteiger partial charge in [0.15, 0.2) is 0 Å². The molecule has 0 unspecified atom stereocenters. The predicted octanol–water partition coefficient (Wildman–Crippen LogP) is 5.02. The normalized spacial score (nSPS) is 11.4. The summed E-state index contributed by atoms with van der Waals surface area (Å²) in [6, 6.07) is 18.8. The molecule has 0 saturated heterocycles. The summed E-state index contributed by atoms with van der Waals surface area (Å²) in [5, 5.41) is 4.07. The van der Waals surface area contributed by atoms with E-state index < -0.39 is 16.0 Å². The van der Waals surface area contributed by atoms with Gasteiger partial charge in [-0.25, -0.2) is 0 Å². The van der Waals surface area contributed by atoms with E-state index in [4.69, 9.17) is 14.7 Å². The molecule has 0 aliphatic rings. The number of nitrogens with two attached hydrogens (primary N) is 1. The molecule has 0 bridgehead atoms. The van der Waals surface area contributed by atoms with E-state index in [0.717, 1.165) is 43.8 Å². The van der Waals surface area contributed by atoms with E-state index in [0.29, 0.717) is 11.4 Å². The van der Waals surface area contributed by atoms with Crippen molar-refractivity contribution in [2.45, 2.75) is 23.3 Å². The number of aryl methyl sites for hydroxylation is 1. The number of aromatic nitrogens is 1. The van der Waals surface area contributed by atoms with Crippen LogP contribution in [-0.4, -0.2) is 32.7 Å². The highest BCUT2D eigenvalue weighted by Gasteiger charge is 2.16. The van der Waals surface area contributed by atoms with E-state index in [-0.39, 0.29) is 12.2 Å². The standard InChI is InChI=1S/C26H25N3O5S2/c1-16-10-21(35-20-9-4-6-17(11-20)15-34-36(3,31)32)13-22-24(16)28-14-23(26(27)30)25(22)29-18-7-5-8-19(12-18)33-2/h4-14H,15H2,1-3H3,(H2,27,30)(H,28,29). The Bertz CT molecular complexity index is 1560. The topological polar surface area (TPSA) is 121 Å². The number of nitrogens with zero attached hydrogens (tertiary/aromatic N) is 1. The number of ether oxygens (including phenoxy) is 1. The summed E-state index contributed by atoms with van der Waals surface area (Å²) in [6.07, 6.45) is 2.51. The molecule has 0 fully saturated rings. The summed E-state index contributed by atoms with van der Waals surface area (Å²) >= 11 is 1.50. The Morgan fingerprint density at radius 3 is 2.58 bits per heavy atom. The fourth-order valence-electron chi connectivity index (χ4n) is 3.68. The summed E-state index contributed by atoms with van der Waals surface area (Å²) in [7, 11) is -1.95. The van der Waals surface area contributed by atoms with E-state index in [9.17, 15) is 13.2 Å². The van der Waals surface area contributed by atoms with Gasteiger partial charge < -0.3 is 15.8 Å². The fourth-order valence-corrected chi connectivity index (χ4v) is 5.07. The van der Waals surface area contributed by atoms with Gasteiger partial charge in [-0.3, -0.25) is 14.0 Å². The van der Waals surface area contributed by atoms with E-state index >= 15 is 0 Å². The second-order valence-electron chi connectivity index (χ2n) is 8.12. The van der Waals surface area contributed by atoms with Crippen LogP contribution in [0.2, 0.25) is 0 Å².